The van der Waals surface area contributed by atoms with Crippen LogP contribution < -0.4 is 10.1 Å². The zero-order valence-corrected chi connectivity index (χ0v) is 13.5. The second-order valence-corrected chi connectivity index (χ2v) is 5.39. The number of aromatic nitrogens is 2. The minimum atomic E-state index is 0.643. The molecule has 1 heterocycles. The fourth-order valence-corrected chi connectivity index (χ4v) is 2.61. The number of anilines is 1. The summed E-state index contributed by atoms with van der Waals surface area (Å²) in [5, 5.41) is 3.28. The predicted molar refractivity (Wildman–Crippen MR) is 88.5 cm³/mol. The highest BCUT2D eigenvalue weighted by Crippen LogP contribution is 2.33. The molecule has 0 spiro atoms. The van der Waals surface area contributed by atoms with Gasteiger partial charge < -0.3 is 10.1 Å². The van der Waals surface area contributed by atoms with E-state index in [-0.39, 0.29) is 0 Å². The van der Waals surface area contributed by atoms with Crippen LogP contribution in [0.5, 0.6) is 11.6 Å². The van der Waals surface area contributed by atoms with Crippen LogP contribution >= 0.6 is 11.8 Å². The van der Waals surface area contributed by atoms with Crippen molar-refractivity contribution in [3.63, 3.8) is 0 Å². The number of hydrogen-bond donors (Lipinski definition) is 1. The number of rotatable bonds is 7. The third-order valence-corrected chi connectivity index (χ3v) is 3.80. The molecule has 0 radical (unpaired) electrons. The second kappa shape index (κ2) is 7.88. The monoisotopic (exact) mass is 303 g/mol. The van der Waals surface area contributed by atoms with Gasteiger partial charge in [-0.15, -0.1) is 11.8 Å². The Morgan fingerprint density at radius 3 is 2.71 bits per heavy atom. The molecular formula is C16H21N3OS. The molecule has 4 nitrogen and oxygen atoms in total. The van der Waals surface area contributed by atoms with Gasteiger partial charge in [0.05, 0.1) is 5.56 Å². The van der Waals surface area contributed by atoms with E-state index in [1.165, 1.54) is 0 Å². The van der Waals surface area contributed by atoms with Crippen LogP contribution in [0.15, 0.2) is 35.5 Å². The maximum atomic E-state index is 6.06. The number of nitrogens with zero attached hydrogens (tertiary/aromatic N) is 2. The van der Waals surface area contributed by atoms with Gasteiger partial charge in [0, 0.05) is 11.4 Å². The Hall–Kier alpha value is -1.75. The molecule has 0 fully saturated rings. The number of benzene rings is 1. The summed E-state index contributed by atoms with van der Waals surface area (Å²) < 4.78 is 6.06. The molecule has 0 saturated carbocycles. The van der Waals surface area contributed by atoms with Gasteiger partial charge in [-0.3, -0.25) is 0 Å². The van der Waals surface area contributed by atoms with Gasteiger partial charge in [0.25, 0.3) is 0 Å². The summed E-state index contributed by atoms with van der Waals surface area (Å²) in [5.74, 6) is 2.35. The van der Waals surface area contributed by atoms with Crippen molar-refractivity contribution < 1.29 is 4.74 Å². The van der Waals surface area contributed by atoms with Crippen molar-refractivity contribution in [2.45, 2.75) is 31.6 Å². The Morgan fingerprint density at radius 1 is 1.19 bits per heavy atom. The first kappa shape index (κ1) is 15.6. The summed E-state index contributed by atoms with van der Waals surface area (Å²) in [6.45, 7) is 5.03. The molecular weight excluding hydrogens is 282 g/mol. The smallest absolute Gasteiger partial charge is 0.227 e. The largest absolute Gasteiger partial charge is 0.437 e. The maximum absolute atomic E-state index is 6.06. The molecule has 0 saturated heterocycles. The zero-order chi connectivity index (χ0) is 15.1. The summed E-state index contributed by atoms with van der Waals surface area (Å²) >= 11 is 1.66. The van der Waals surface area contributed by atoms with E-state index in [4.69, 9.17) is 4.74 Å². The van der Waals surface area contributed by atoms with Gasteiger partial charge in [-0.25, -0.2) is 9.97 Å². The van der Waals surface area contributed by atoms with E-state index in [2.05, 4.69) is 29.1 Å². The molecule has 0 aliphatic rings. The molecule has 112 valence electrons. The highest BCUT2D eigenvalue weighted by atomic mass is 32.2. The lowest BCUT2D eigenvalue weighted by Crippen LogP contribution is -2.06. The molecule has 5 heteroatoms. The van der Waals surface area contributed by atoms with Gasteiger partial charge >= 0.3 is 0 Å². The maximum Gasteiger partial charge on any atom is 0.227 e. The van der Waals surface area contributed by atoms with Crippen molar-refractivity contribution in [2.75, 3.05) is 18.1 Å². The Balaban J connectivity index is 2.36. The van der Waals surface area contributed by atoms with E-state index in [9.17, 15) is 0 Å². The number of para-hydroxylation sites is 1. The molecule has 1 aromatic carbocycles. The SMILES string of the molecule is CCCc1c(NCC)ncnc1Oc1ccccc1SC. The van der Waals surface area contributed by atoms with Crippen LogP contribution in [0.25, 0.3) is 0 Å². The van der Waals surface area contributed by atoms with E-state index in [0.29, 0.717) is 5.88 Å². The van der Waals surface area contributed by atoms with Crippen LogP contribution in [0, 0.1) is 0 Å². The first-order valence-electron chi connectivity index (χ1n) is 7.18. The molecule has 0 aliphatic carbocycles. The summed E-state index contributed by atoms with van der Waals surface area (Å²) in [7, 11) is 0. The molecule has 1 aromatic heterocycles. The molecule has 0 atom stereocenters. The van der Waals surface area contributed by atoms with Gasteiger partial charge in [-0.2, -0.15) is 0 Å². The van der Waals surface area contributed by atoms with Crippen molar-refractivity contribution in [1.82, 2.24) is 9.97 Å². The van der Waals surface area contributed by atoms with Crippen molar-refractivity contribution in [1.29, 1.82) is 0 Å². The lowest BCUT2D eigenvalue weighted by atomic mass is 10.1. The van der Waals surface area contributed by atoms with Gasteiger partial charge in [-0.1, -0.05) is 25.5 Å². The third-order valence-electron chi connectivity index (χ3n) is 3.03. The number of nitrogens with one attached hydrogen (secondary N) is 1. The van der Waals surface area contributed by atoms with Crippen LogP contribution in [0.4, 0.5) is 5.82 Å². The fraction of sp³-hybridized carbons (Fsp3) is 0.375. The Kier molecular flexibility index (Phi) is 5.87. The zero-order valence-electron chi connectivity index (χ0n) is 12.7. The van der Waals surface area contributed by atoms with Gasteiger partial charge in [-0.05, 0) is 31.7 Å². The van der Waals surface area contributed by atoms with Crippen LogP contribution in [0.2, 0.25) is 0 Å². The first-order chi connectivity index (χ1) is 10.3. The fourth-order valence-electron chi connectivity index (χ4n) is 2.09. The quantitative estimate of drug-likeness (QED) is 0.769. The average molecular weight is 303 g/mol. The van der Waals surface area contributed by atoms with Gasteiger partial charge in [0.2, 0.25) is 5.88 Å². The second-order valence-electron chi connectivity index (χ2n) is 4.54. The Morgan fingerprint density at radius 2 is 2.00 bits per heavy atom. The van der Waals surface area contributed by atoms with Crippen molar-refractivity contribution in [3.8, 4) is 11.6 Å². The van der Waals surface area contributed by atoms with Crippen LogP contribution in [-0.4, -0.2) is 22.8 Å². The summed E-state index contributed by atoms with van der Waals surface area (Å²) in [5.41, 5.74) is 1.04. The highest BCUT2D eigenvalue weighted by Gasteiger charge is 2.13. The standard InChI is InChI=1S/C16H21N3OS/c1-4-8-12-15(17-5-2)18-11-19-16(12)20-13-9-6-7-10-14(13)21-3/h6-7,9-11H,4-5,8H2,1-3H3,(H,17,18,19). The van der Waals surface area contributed by atoms with Gasteiger partial charge in [0.15, 0.2) is 0 Å². The van der Waals surface area contributed by atoms with Crippen molar-refractivity contribution in [3.05, 3.63) is 36.2 Å². The van der Waals surface area contributed by atoms with Crippen LogP contribution in [0.1, 0.15) is 25.8 Å². The molecule has 0 bridgehead atoms. The van der Waals surface area contributed by atoms with Gasteiger partial charge in [0.1, 0.15) is 17.9 Å². The molecule has 21 heavy (non-hydrogen) atoms. The van der Waals surface area contributed by atoms with Crippen LogP contribution in [-0.2, 0) is 6.42 Å². The number of thioether (sulfide) groups is 1. The lowest BCUT2D eigenvalue weighted by Gasteiger charge is -2.14. The van der Waals surface area contributed by atoms with Crippen LogP contribution in [0.3, 0.4) is 0 Å². The van der Waals surface area contributed by atoms with E-state index in [1.54, 1.807) is 18.1 Å². The predicted octanol–water partition coefficient (Wildman–Crippen LogP) is 4.38. The number of ether oxygens (including phenoxy) is 1. The van der Waals surface area contributed by atoms with E-state index < -0.39 is 0 Å². The normalized spacial score (nSPS) is 10.4. The van der Waals surface area contributed by atoms with Crippen molar-refractivity contribution in [2.24, 2.45) is 0 Å². The number of hydrogen-bond acceptors (Lipinski definition) is 5. The average Bonchev–Trinajstić information content (AvgIpc) is 2.51. The first-order valence-corrected chi connectivity index (χ1v) is 8.41. The summed E-state index contributed by atoms with van der Waals surface area (Å²) in [4.78, 5) is 9.75. The summed E-state index contributed by atoms with van der Waals surface area (Å²) in [6, 6.07) is 8.00. The molecule has 2 aromatic rings. The van der Waals surface area contributed by atoms with E-state index in [0.717, 1.165) is 41.4 Å². The topological polar surface area (TPSA) is 47.0 Å². The Bertz CT molecular complexity index is 589. The minimum absolute atomic E-state index is 0.643. The van der Waals surface area contributed by atoms with E-state index in [1.807, 2.05) is 30.5 Å². The lowest BCUT2D eigenvalue weighted by molar-refractivity contribution is 0.444. The minimum Gasteiger partial charge on any atom is -0.437 e. The highest BCUT2D eigenvalue weighted by molar-refractivity contribution is 7.98. The Labute approximate surface area is 130 Å². The molecule has 0 aliphatic heterocycles. The molecule has 0 amide bonds. The molecule has 2 rings (SSSR count). The third kappa shape index (κ3) is 3.88. The molecule has 1 N–H and O–H groups in total. The van der Waals surface area contributed by atoms with E-state index >= 15 is 0 Å². The molecule has 0 unspecified atom stereocenters. The van der Waals surface area contributed by atoms with Crippen molar-refractivity contribution >= 4 is 17.6 Å². The summed E-state index contributed by atoms with van der Waals surface area (Å²) in [6.07, 6.45) is 5.50.